The lowest BCUT2D eigenvalue weighted by Crippen LogP contribution is -2.50. The summed E-state index contributed by atoms with van der Waals surface area (Å²) >= 11 is 1.36. The fourth-order valence-corrected chi connectivity index (χ4v) is 4.04. The number of carbonyl (C=O) groups excluding carboxylic acids is 2. The first-order chi connectivity index (χ1) is 13.6. The van der Waals surface area contributed by atoms with Crippen molar-refractivity contribution in [2.75, 3.05) is 32.8 Å². The summed E-state index contributed by atoms with van der Waals surface area (Å²) in [4.78, 5) is 33.3. The van der Waals surface area contributed by atoms with E-state index >= 15 is 0 Å². The largest absolute Gasteiger partial charge is 0.450 e. The first kappa shape index (κ1) is 18.4. The van der Waals surface area contributed by atoms with Crippen LogP contribution < -0.4 is 0 Å². The summed E-state index contributed by atoms with van der Waals surface area (Å²) in [5.41, 5.74) is 1.80. The number of piperazine rings is 1. The highest BCUT2D eigenvalue weighted by Crippen LogP contribution is 2.25. The van der Waals surface area contributed by atoms with E-state index in [-0.39, 0.29) is 17.8 Å². The Morgan fingerprint density at radius 3 is 2.68 bits per heavy atom. The second-order valence-corrected chi connectivity index (χ2v) is 7.22. The van der Waals surface area contributed by atoms with Crippen LogP contribution in [0.15, 0.2) is 35.8 Å². The lowest BCUT2D eigenvalue weighted by atomic mass is 10.2. The van der Waals surface area contributed by atoms with Crippen molar-refractivity contribution in [2.45, 2.75) is 6.92 Å². The molecule has 0 unspecified atom stereocenters. The molecular formula is C19H19FN4O3S. The van der Waals surface area contributed by atoms with Gasteiger partial charge in [-0.2, -0.15) is 0 Å². The smallest absolute Gasteiger partial charge is 0.409 e. The Bertz CT molecular complexity index is 1020. The van der Waals surface area contributed by atoms with Crippen LogP contribution in [0.1, 0.15) is 17.4 Å². The summed E-state index contributed by atoms with van der Waals surface area (Å²) < 4.78 is 20.2. The molecule has 28 heavy (non-hydrogen) atoms. The van der Waals surface area contributed by atoms with Crippen LogP contribution >= 0.6 is 11.3 Å². The fourth-order valence-electron chi connectivity index (χ4n) is 3.19. The second-order valence-electron chi connectivity index (χ2n) is 6.39. The minimum Gasteiger partial charge on any atom is -0.450 e. The number of fused-ring (bicyclic) bond motifs is 1. The molecular weight excluding hydrogens is 383 g/mol. The predicted octanol–water partition coefficient (Wildman–Crippen LogP) is 3.12. The molecule has 3 aromatic rings. The monoisotopic (exact) mass is 402 g/mol. The van der Waals surface area contributed by atoms with Crippen LogP contribution in [0.2, 0.25) is 0 Å². The van der Waals surface area contributed by atoms with Crippen molar-refractivity contribution < 1.29 is 18.7 Å². The average Bonchev–Trinajstić information content (AvgIpc) is 3.28. The van der Waals surface area contributed by atoms with Gasteiger partial charge in [-0.25, -0.2) is 14.2 Å². The van der Waals surface area contributed by atoms with Crippen LogP contribution in [0, 0.1) is 5.82 Å². The van der Waals surface area contributed by atoms with Gasteiger partial charge in [0, 0.05) is 43.3 Å². The zero-order chi connectivity index (χ0) is 19.7. The van der Waals surface area contributed by atoms with Gasteiger partial charge in [-0.3, -0.25) is 9.20 Å². The molecule has 1 aliphatic rings. The maximum Gasteiger partial charge on any atom is 0.409 e. The normalized spacial score (nSPS) is 14.5. The number of carbonyl (C=O) groups is 2. The van der Waals surface area contributed by atoms with Crippen molar-refractivity contribution in [3.63, 3.8) is 0 Å². The number of halogens is 1. The summed E-state index contributed by atoms with van der Waals surface area (Å²) in [5.74, 6) is -0.442. The molecule has 1 aromatic carbocycles. The molecule has 146 valence electrons. The number of thiazole rings is 1. The summed E-state index contributed by atoms with van der Waals surface area (Å²) in [5, 5.41) is 1.78. The maximum atomic E-state index is 13.5. The molecule has 2 aromatic heterocycles. The summed E-state index contributed by atoms with van der Waals surface area (Å²) in [6, 6.07) is 6.22. The van der Waals surface area contributed by atoms with Gasteiger partial charge in [0.25, 0.3) is 5.91 Å². The minimum atomic E-state index is -0.345. The van der Waals surface area contributed by atoms with Gasteiger partial charge >= 0.3 is 6.09 Å². The van der Waals surface area contributed by atoms with Crippen LogP contribution in [0.4, 0.5) is 9.18 Å². The predicted molar refractivity (Wildman–Crippen MR) is 103 cm³/mol. The van der Waals surface area contributed by atoms with E-state index in [0.717, 1.165) is 0 Å². The lowest BCUT2D eigenvalue weighted by molar-refractivity contribution is 0.0565. The van der Waals surface area contributed by atoms with Gasteiger partial charge < -0.3 is 14.5 Å². The van der Waals surface area contributed by atoms with Crippen molar-refractivity contribution in [2.24, 2.45) is 0 Å². The Morgan fingerprint density at radius 2 is 1.96 bits per heavy atom. The number of aromatic nitrogens is 2. The standard InChI is InChI=1S/C19H19FN4O3S/c1-2-27-19(26)23-8-6-22(7-9-23)17(25)16-12-28-18-21-15(11-24(16)18)13-4-3-5-14(20)10-13/h3-5,10-12H,2,6-9H2,1H3. The number of amides is 2. The van der Waals surface area contributed by atoms with E-state index < -0.39 is 0 Å². The van der Waals surface area contributed by atoms with Gasteiger partial charge in [-0.05, 0) is 19.1 Å². The van der Waals surface area contributed by atoms with Gasteiger partial charge in [0.15, 0.2) is 4.96 Å². The first-order valence-electron chi connectivity index (χ1n) is 9.00. The first-order valence-corrected chi connectivity index (χ1v) is 9.88. The quantitative estimate of drug-likeness (QED) is 0.675. The highest BCUT2D eigenvalue weighted by atomic mass is 32.1. The molecule has 0 N–H and O–H groups in total. The summed E-state index contributed by atoms with van der Waals surface area (Å²) in [6.45, 7) is 3.87. The molecule has 3 heterocycles. The molecule has 0 radical (unpaired) electrons. The Hall–Kier alpha value is -2.94. The number of hydrogen-bond donors (Lipinski definition) is 0. The third kappa shape index (κ3) is 3.45. The van der Waals surface area contributed by atoms with E-state index in [1.807, 2.05) is 0 Å². The molecule has 1 aliphatic heterocycles. The SMILES string of the molecule is CCOC(=O)N1CCN(C(=O)c2csc3nc(-c4cccc(F)c4)cn23)CC1. The number of hydrogen-bond acceptors (Lipinski definition) is 5. The van der Waals surface area contributed by atoms with E-state index in [2.05, 4.69) is 4.98 Å². The molecule has 0 bridgehead atoms. The molecule has 9 heteroatoms. The van der Waals surface area contributed by atoms with E-state index in [0.29, 0.717) is 54.7 Å². The third-order valence-electron chi connectivity index (χ3n) is 4.64. The highest BCUT2D eigenvalue weighted by Gasteiger charge is 2.27. The Balaban J connectivity index is 1.52. The third-order valence-corrected chi connectivity index (χ3v) is 5.48. The van der Waals surface area contributed by atoms with Crippen molar-refractivity contribution in [1.82, 2.24) is 19.2 Å². The Morgan fingerprint density at radius 1 is 1.21 bits per heavy atom. The second kappa shape index (κ2) is 7.59. The van der Waals surface area contributed by atoms with Crippen LogP contribution in [0.3, 0.4) is 0 Å². The number of rotatable bonds is 3. The Labute approximate surface area is 165 Å². The molecule has 0 spiro atoms. The highest BCUT2D eigenvalue weighted by molar-refractivity contribution is 7.15. The number of benzene rings is 1. The van der Waals surface area contributed by atoms with Crippen molar-refractivity contribution in [3.8, 4) is 11.3 Å². The van der Waals surface area contributed by atoms with Crippen molar-refractivity contribution in [3.05, 3.63) is 47.4 Å². The molecule has 0 aliphatic carbocycles. The fraction of sp³-hybridized carbons (Fsp3) is 0.316. The van der Waals surface area contributed by atoms with E-state index in [1.165, 1.54) is 23.5 Å². The molecule has 7 nitrogen and oxygen atoms in total. The maximum absolute atomic E-state index is 13.5. The molecule has 1 saturated heterocycles. The van der Waals surface area contributed by atoms with Crippen LogP contribution in [0.25, 0.3) is 16.2 Å². The topological polar surface area (TPSA) is 67.2 Å². The van der Waals surface area contributed by atoms with E-state index in [9.17, 15) is 14.0 Å². The number of imidazole rings is 1. The van der Waals surface area contributed by atoms with Gasteiger partial charge in [0.05, 0.1) is 12.3 Å². The van der Waals surface area contributed by atoms with Gasteiger partial charge in [0.1, 0.15) is 11.5 Å². The van der Waals surface area contributed by atoms with Gasteiger partial charge in [0.2, 0.25) is 0 Å². The molecule has 0 atom stereocenters. The van der Waals surface area contributed by atoms with E-state index in [1.54, 1.807) is 44.8 Å². The zero-order valence-corrected chi connectivity index (χ0v) is 16.1. The lowest BCUT2D eigenvalue weighted by Gasteiger charge is -2.33. The summed E-state index contributed by atoms with van der Waals surface area (Å²) in [6.07, 6.45) is 1.41. The number of ether oxygens (including phenoxy) is 1. The minimum absolute atomic E-state index is 0.113. The van der Waals surface area contributed by atoms with Crippen LogP contribution in [-0.2, 0) is 4.74 Å². The van der Waals surface area contributed by atoms with Gasteiger partial charge in [-0.15, -0.1) is 11.3 Å². The van der Waals surface area contributed by atoms with Crippen LogP contribution in [-0.4, -0.2) is 64.0 Å². The molecule has 4 rings (SSSR count). The Kier molecular flexibility index (Phi) is 4.99. The van der Waals surface area contributed by atoms with Crippen molar-refractivity contribution >= 4 is 28.3 Å². The molecule has 1 fully saturated rings. The van der Waals surface area contributed by atoms with Gasteiger partial charge in [-0.1, -0.05) is 12.1 Å². The summed E-state index contributed by atoms with van der Waals surface area (Å²) in [7, 11) is 0. The van der Waals surface area contributed by atoms with Crippen molar-refractivity contribution in [1.29, 1.82) is 0 Å². The zero-order valence-electron chi connectivity index (χ0n) is 15.3. The van der Waals surface area contributed by atoms with Crippen LogP contribution in [0.5, 0.6) is 0 Å². The molecule has 2 amide bonds. The molecule has 0 saturated carbocycles. The number of nitrogens with zero attached hydrogens (tertiary/aromatic N) is 4. The van der Waals surface area contributed by atoms with E-state index in [4.69, 9.17) is 4.74 Å². The average molecular weight is 402 g/mol.